The molecule has 472 valence electrons. The molecule has 3 nitrogen and oxygen atoms in total. The summed E-state index contributed by atoms with van der Waals surface area (Å²) in [4.78, 5) is 7.38. The highest BCUT2D eigenvalue weighted by molar-refractivity contribution is 6.96. The number of rotatable bonds is 16. The molecule has 35 heteroatoms. The van der Waals surface area contributed by atoms with Crippen LogP contribution in [0.2, 0.25) is 0 Å². The number of unbranched alkanes of at least 4 members (excludes halogenated alkanes) is 8. The Bertz CT molecular complexity index is 2940. The number of aryl methyl sites for hydroxylation is 1. The number of aromatic amines is 1. The molecule has 1 aromatic heterocycles. The van der Waals surface area contributed by atoms with Crippen molar-refractivity contribution in [2.45, 2.75) is 71.1 Å². The van der Waals surface area contributed by atoms with E-state index in [0.717, 1.165) is 12.2 Å². The second-order valence-electron chi connectivity index (χ2n) is 17.9. The van der Waals surface area contributed by atoms with Gasteiger partial charge in [0.15, 0.2) is 175 Å². The molecular weight excluding hydrogens is 1290 g/mol. The summed E-state index contributed by atoms with van der Waals surface area (Å²) in [6, 6.07) is 0. The summed E-state index contributed by atoms with van der Waals surface area (Å²) < 4.78 is 403. The van der Waals surface area contributed by atoms with Crippen molar-refractivity contribution in [1.29, 1.82) is 0 Å². The van der Waals surface area contributed by atoms with Crippen LogP contribution < -0.4 is 31.9 Å². The molecule has 7 aromatic rings. The van der Waals surface area contributed by atoms with E-state index in [-0.39, 0.29) is 0 Å². The number of nitrogens with zero attached hydrogens (tertiary/aromatic N) is 1. The van der Waals surface area contributed by atoms with Crippen LogP contribution in [0.3, 0.4) is 0 Å². The molecule has 0 radical (unpaired) electrons. The van der Waals surface area contributed by atoms with Gasteiger partial charge < -0.3 is 10.3 Å². The second kappa shape index (κ2) is 31.1. The third kappa shape index (κ3) is 14.8. The van der Waals surface area contributed by atoms with Crippen LogP contribution in [0, 0.1) is 175 Å². The molecule has 0 aliphatic rings. The Balaban J connectivity index is 0.000000289. The molecule has 2 N–H and O–H groups in total. The van der Waals surface area contributed by atoms with Gasteiger partial charge >= 0.3 is 28.3 Å². The van der Waals surface area contributed by atoms with Crippen LogP contribution in [0.4, 0.5) is 132 Å². The minimum atomic E-state index is -5.96. The fraction of sp³-hybridized carbons (Fsp3) is 0.250. The lowest BCUT2D eigenvalue weighted by Gasteiger charge is -2.20. The van der Waals surface area contributed by atoms with E-state index in [1.54, 1.807) is 0 Å². The minimum absolute atomic E-state index is 1.11. The number of imidazole rings is 1. The molecule has 0 aliphatic heterocycles. The van der Waals surface area contributed by atoms with Gasteiger partial charge in [-0.1, -0.05) is 58.3 Å². The van der Waals surface area contributed by atoms with Gasteiger partial charge in [0.25, 0.3) is 0 Å². The molecule has 0 spiro atoms. The molecule has 0 atom stereocenters. The van der Waals surface area contributed by atoms with Crippen LogP contribution in [-0.2, 0) is 6.42 Å². The van der Waals surface area contributed by atoms with Crippen molar-refractivity contribution in [3.05, 3.63) is 193 Å². The molecule has 1 heterocycles. The first-order valence-corrected chi connectivity index (χ1v) is 27.8. The van der Waals surface area contributed by atoms with Gasteiger partial charge in [0.05, 0.1) is 0 Å². The maximum atomic E-state index is 14.4. The Hall–Kier alpha value is -6.55. The molecule has 0 saturated heterocycles. The average Bonchev–Trinajstić information content (AvgIpc) is 0.836. The van der Waals surface area contributed by atoms with E-state index in [0.29, 0.717) is 0 Å². The Morgan fingerprint density at radius 1 is 0.276 bits per heavy atom. The molecule has 0 unspecified atom stereocenters. The summed E-state index contributed by atoms with van der Waals surface area (Å²) >= 11 is -11.9. The first kappa shape index (κ1) is 72.9. The van der Waals surface area contributed by atoms with E-state index in [9.17, 15) is 132 Å². The molecule has 0 fully saturated rings. The zero-order chi connectivity index (χ0) is 66.1. The van der Waals surface area contributed by atoms with Gasteiger partial charge in [-0.15, -0.1) is 0 Å². The SMILES string of the molecule is CCCCCCCCCCCc1ncc[nH]1.CNC.Fc1c(F)c(F)[c]([Al]([c]2c(F)c(F)c(F)c(F)c2F)[c]2c(F)c(F)c(F)c(F)c2F)c(F)c1F.Fc1c(F)c(F)[c]([Al]([c]2c(F)c(F)c(F)c(F)c2F)[c]2c(F)c(F)c(F)c(F)c2F)c(F)c1F. The predicted octanol–water partition coefficient (Wildman–Crippen LogP) is 12.9. The predicted molar refractivity (Wildman–Crippen MR) is 251 cm³/mol. The Morgan fingerprint density at radius 2 is 0.437 bits per heavy atom. The lowest BCUT2D eigenvalue weighted by atomic mass is 10.1. The smallest absolute Gasteiger partial charge is 0.349 e. The molecular formula is C52H33Al2F30N3. The largest absolute Gasteiger partial charge is 0.413 e. The number of halogens is 30. The van der Waals surface area contributed by atoms with Crippen molar-refractivity contribution in [2.24, 2.45) is 0 Å². The molecule has 6 aromatic carbocycles. The lowest BCUT2D eigenvalue weighted by Crippen LogP contribution is -2.60. The van der Waals surface area contributed by atoms with E-state index < -0.39 is 229 Å². The van der Waals surface area contributed by atoms with E-state index in [4.69, 9.17) is 0 Å². The Kier molecular flexibility index (Phi) is 26.0. The summed E-state index contributed by atoms with van der Waals surface area (Å²) in [5.41, 5.74) is 0. The third-order valence-corrected chi connectivity index (χ3v) is 18.8. The summed E-state index contributed by atoms with van der Waals surface area (Å²) in [5, 5.41) is 2.75. The van der Waals surface area contributed by atoms with Gasteiger partial charge in [-0.05, 0) is 47.1 Å². The maximum absolute atomic E-state index is 14.4. The van der Waals surface area contributed by atoms with Crippen LogP contribution in [-0.4, -0.2) is 52.4 Å². The standard InChI is InChI=1S/C14H26N2.6C6F5.C2H7N.2Al/c1-2-3-4-5-6-7-8-9-10-11-14-15-12-13-16-14;6*7-2-1-3(8)5(10)6(11)4(2)9;1-3-2;;/h12-13H,2-11H2,1H3,(H,15,16);;;;;;;3H,1-2H3;;. The van der Waals surface area contributed by atoms with Crippen LogP contribution >= 0.6 is 0 Å². The fourth-order valence-electron chi connectivity index (χ4n) is 8.16. The molecule has 0 bridgehead atoms. The Labute approximate surface area is 478 Å². The highest BCUT2D eigenvalue weighted by Gasteiger charge is 2.49. The van der Waals surface area contributed by atoms with E-state index in [1.807, 2.05) is 26.5 Å². The van der Waals surface area contributed by atoms with Crippen molar-refractivity contribution >= 4 is 54.8 Å². The molecule has 0 aliphatic carbocycles. The van der Waals surface area contributed by atoms with Gasteiger partial charge in [-0.25, -0.2) is 137 Å². The third-order valence-electron chi connectivity index (χ3n) is 12.3. The number of benzene rings is 6. The van der Waals surface area contributed by atoms with Gasteiger partial charge in [-0.2, -0.15) is 0 Å². The topological polar surface area (TPSA) is 40.7 Å². The number of H-pyrrole nitrogens is 1. The van der Waals surface area contributed by atoms with Crippen molar-refractivity contribution in [3.8, 4) is 0 Å². The highest BCUT2D eigenvalue weighted by Crippen LogP contribution is 2.27. The van der Waals surface area contributed by atoms with E-state index in [1.165, 1.54) is 57.8 Å². The van der Waals surface area contributed by atoms with Gasteiger partial charge in [0, 0.05) is 18.8 Å². The fourth-order valence-corrected chi connectivity index (χ4v) is 14.4. The van der Waals surface area contributed by atoms with Crippen molar-refractivity contribution < 1.29 is 132 Å². The summed E-state index contributed by atoms with van der Waals surface area (Å²) in [6.07, 6.45) is 17.4. The second-order valence-corrected chi connectivity index (χ2v) is 23.1. The average molecular weight is 1320 g/mol. The van der Waals surface area contributed by atoms with Crippen molar-refractivity contribution in [1.82, 2.24) is 15.3 Å². The van der Waals surface area contributed by atoms with Crippen molar-refractivity contribution in [2.75, 3.05) is 14.1 Å². The normalized spacial score (nSPS) is 11.1. The zero-order valence-corrected chi connectivity index (χ0v) is 46.0. The van der Waals surface area contributed by atoms with Crippen LogP contribution in [0.5, 0.6) is 0 Å². The number of nitrogens with one attached hydrogen (secondary N) is 2. The van der Waals surface area contributed by atoms with Gasteiger partial charge in [0.2, 0.25) is 0 Å². The quantitative estimate of drug-likeness (QED) is 0.0333. The summed E-state index contributed by atoms with van der Waals surface area (Å²) in [7, 11) is 3.75. The molecule has 0 saturated carbocycles. The first-order chi connectivity index (χ1) is 40.7. The van der Waals surface area contributed by atoms with Crippen LogP contribution in [0.1, 0.15) is 70.5 Å². The van der Waals surface area contributed by atoms with Gasteiger partial charge in [-0.3, -0.25) is 0 Å². The van der Waals surface area contributed by atoms with Crippen molar-refractivity contribution in [3.63, 3.8) is 0 Å². The van der Waals surface area contributed by atoms with Crippen LogP contribution in [0.25, 0.3) is 0 Å². The molecule has 0 amide bonds. The maximum Gasteiger partial charge on any atom is 0.413 e. The number of hydrogen-bond donors (Lipinski definition) is 2. The zero-order valence-electron chi connectivity index (χ0n) is 43.7. The number of aromatic nitrogens is 2. The highest BCUT2D eigenvalue weighted by atomic mass is 27.2. The minimum Gasteiger partial charge on any atom is -0.349 e. The summed E-state index contributed by atoms with van der Waals surface area (Å²) in [6.45, 7) is 2.27. The first-order valence-electron chi connectivity index (χ1n) is 24.3. The van der Waals surface area contributed by atoms with Crippen LogP contribution in [0.15, 0.2) is 12.4 Å². The van der Waals surface area contributed by atoms with E-state index >= 15 is 0 Å². The Morgan fingerprint density at radius 3 is 0.598 bits per heavy atom. The monoisotopic (exact) mass is 1320 g/mol. The lowest BCUT2D eigenvalue weighted by molar-refractivity contribution is 0.380. The number of hydrogen-bond acceptors (Lipinski definition) is 2. The van der Waals surface area contributed by atoms with Gasteiger partial charge in [0.1, 0.15) is 5.82 Å². The molecule has 7 rings (SSSR count). The molecule has 87 heavy (non-hydrogen) atoms. The summed E-state index contributed by atoms with van der Waals surface area (Å²) in [5.74, 6) is -88.0. The van der Waals surface area contributed by atoms with E-state index in [2.05, 4.69) is 22.2 Å².